The fraction of sp³-hybridized carbons (Fsp3) is 0.357. The Labute approximate surface area is 117 Å². The smallest absolute Gasteiger partial charge is 0.222 e. The molecule has 0 unspecified atom stereocenters. The van der Waals surface area contributed by atoms with Crippen LogP contribution < -0.4 is 0 Å². The quantitative estimate of drug-likeness (QED) is 0.742. The molecule has 0 aliphatic carbocycles. The van der Waals surface area contributed by atoms with Crippen molar-refractivity contribution in [2.75, 3.05) is 12.8 Å². The molecule has 0 atom stereocenters. The number of benzene rings is 1. The van der Waals surface area contributed by atoms with E-state index in [9.17, 15) is 13.2 Å². The van der Waals surface area contributed by atoms with E-state index < -0.39 is 15.8 Å². The summed E-state index contributed by atoms with van der Waals surface area (Å²) in [7, 11) is -2.00. The van der Waals surface area contributed by atoms with Crippen LogP contribution >= 0.6 is 0 Å². The Morgan fingerprint density at radius 1 is 1.15 bits per heavy atom. The van der Waals surface area contributed by atoms with Gasteiger partial charge in [-0.3, -0.25) is 4.79 Å². The van der Waals surface area contributed by atoms with E-state index in [1.54, 1.807) is 10.6 Å². The third-order valence-electron chi connectivity index (χ3n) is 3.79. The molecule has 0 amide bonds. The third kappa shape index (κ3) is 1.87. The largest absolute Gasteiger partial charge is 0.323 e. The van der Waals surface area contributed by atoms with Gasteiger partial charge in [0.15, 0.2) is 5.78 Å². The normalized spacial score (nSPS) is 19.1. The van der Waals surface area contributed by atoms with Crippen LogP contribution in [0.15, 0.2) is 18.2 Å². The maximum atomic E-state index is 12.2. The van der Waals surface area contributed by atoms with Crippen molar-refractivity contribution < 1.29 is 13.2 Å². The van der Waals surface area contributed by atoms with Crippen LogP contribution in [0.25, 0.3) is 10.9 Å². The van der Waals surface area contributed by atoms with Crippen molar-refractivity contribution in [1.29, 1.82) is 0 Å². The molecule has 1 aromatic heterocycles. The molecule has 1 aromatic carbocycles. The minimum Gasteiger partial charge on any atom is -0.323 e. The van der Waals surface area contributed by atoms with Gasteiger partial charge < -0.3 is 4.57 Å². The van der Waals surface area contributed by atoms with Crippen LogP contribution in [-0.2, 0) is 16.7 Å². The van der Waals surface area contributed by atoms with Crippen molar-refractivity contribution in [3.63, 3.8) is 0 Å². The summed E-state index contributed by atoms with van der Waals surface area (Å²) < 4.78 is 26.9. The summed E-state index contributed by atoms with van der Waals surface area (Å²) in [6.07, 6.45) is 0. The number of Topliss-reactive ketones (excluding diaryl/α,β-unsaturated/α-hetero) is 1. The molecule has 2 aromatic rings. The molecule has 0 radical (unpaired) electrons. The SMILES string of the molecule is Cc1cc(C)c2cc3n(c2c1)CN(C)S(=O)(=O)CC3=O. The van der Waals surface area contributed by atoms with Crippen LogP contribution in [0, 0.1) is 13.8 Å². The van der Waals surface area contributed by atoms with Crippen molar-refractivity contribution >= 4 is 26.7 Å². The first-order valence-corrected chi connectivity index (χ1v) is 7.98. The molecular formula is C14H16N2O3S. The average Bonchev–Trinajstić information content (AvgIpc) is 2.64. The van der Waals surface area contributed by atoms with Crippen molar-refractivity contribution in [3.8, 4) is 0 Å². The highest BCUT2D eigenvalue weighted by molar-refractivity contribution is 7.89. The monoisotopic (exact) mass is 292 g/mol. The molecule has 6 heteroatoms. The van der Waals surface area contributed by atoms with Gasteiger partial charge in [0.05, 0.1) is 17.9 Å². The lowest BCUT2D eigenvalue weighted by molar-refractivity contribution is 0.101. The number of aryl methyl sites for hydroxylation is 2. The predicted octanol–water partition coefficient (Wildman–Crippen LogP) is 1.67. The number of fused-ring (bicyclic) bond motifs is 3. The molecule has 0 saturated heterocycles. The molecule has 1 aliphatic rings. The topological polar surface area (TPSA) is 59.4 Å². The van der Waals surface area contributed by atoms with Gasteiger partial charge in [-0.1, -0.05) is 6.07 Å². The number of hydrogen-bond donors (Lipinski definition) is 0. The Morgan fingerprint density at radius 2 is 1.85 bits per heavy atom. The molecule has 0 bridgehead atoms. The van der Waals surface area contributed by atoms with E-state index in [0.717, 1.165) is 22.0 Å². The predicted molar refractivity (Wildman–Crippen MR) is 77.3 cm³/mol. The maximum Gasteiger partial charge on any atom is 0.222 e. The number of rotatable bonds is 0. The summed E-state index contributed by atoms with van der Waals surface area (Å²) in [5.74, 6) is -0.805. The second-order valence-corrected chi connectivity index (χ2v) is 7.47. The lowest BCUT2D eigenvalue weighted by Gasteiger charge is -2.15. The molecule has 0 spiro atoms. The van der Waals surface area contributed by atoms with Gasteiger partial charge in [-0.25, -0.2) is 8.42 Å². The van der Waals surface area contributed by atoms with E-state index in [0.29, 0.717) is 5.69 Å². The zero-order valence-corrected chi connectivity index (χ0v) is 12.5. The molecule has 0 saturated carbocycles. The number of carbonyl (C=O) groups excluding carboxylic acids is 1. The van der Waals surface area contributed by atoms with Crippen LogP contribution in [0.3, 0.4) is 0 Å². The number of nitrogens with zero attached hydrogens (tertiary/aromatic N) is 2. The van der Waals surface area contributed by atoms with Crippen molar-refractivity contribution in [2.24, 2.45) is 0 Å². The Kier molecular flexibility index (Phi) is 2.78. The number of carbonyl (C=O) groups is 1. The van der Waals surface area contributed by atoms with E-state index >= 15 is 0 Å². The van der Waals surface area contributed by atoms with E-state index in [-0.39, 0.29) is 12.5 Å². The lowest BCUT2D eigenvalue weighted by atomic mass is 10.1. The fourth-order valence-electron chi connectivity index (χ4n) is 2.73. The zero-order valence-electron chi connectivity index (χ0n) is 11.7. The fourth-order valence-corrected chi connectivity index (χ4v) is 3.72. The highest BCUT2D eigenvalue weighted by Crippen LogP contribution is 2.27. The van der Waals surface area contributed by atoms with Gasteiger partial charge in [0.25, 0.3) is 0 Å². The summed E-state index contributed by atoms with van der Waals surface area (Å²) in [6.45, 7) is 4.17. The highest BCUT2D eigenvalue weighted by atomic mass is 32.2. The highest BCUT2D eigenvalue weighted by Gasteiger charge is 2.30. The second-order valence-electron chi connectivity index (χ2n) is 5.39. The molecule has 0 fully saturated rings. The number of hydrogen-bond acceptors (Lipinski definition) is 3. The molecule has 5 nitrogen and oxygen atoms in total. The molecule has 20 heavy (non-hydrogen) atoms. The third-order valence-corrected chi connectivity index (χ3v) is 5.48. The molecule has 0 N–H and O–H groups in total. The maximum absolute atomic E-state index is 12.2. The molecule has 3 rings (SSSR count). The molecule has 2 heterocycles. The standard InChI is InChI=1S/C14H16N2O3S/c1-9-4-10(2)11-6-13-14(17)7-20(18,19)15(3)8-16(13)12(11)5-9/h4-6H,7-8H2,1-3H3. The molecule has 106 valence electrons. The van der Waals surface area contributed by atoms with Gasteiger partial charge in [0.1, 0.15) is 5.75 Å². The second kappa shape index (κ2) is 4.17. The minimum absolute atomic E-state index is 0.176. The first-order valence-electron chi connectivity index (χ1n) is 6.37. The summed E-state index contributed by atoms with van der Waals surface area (Å²) in [5.41, 5.74) is 3.58. The Balaban J connectivity index is 2.33. The molecule has 1 aliphatic heterocycles. The Hall–Kier alpha value is -1.66. The molecular weight excluding hydrogens is 276 g/mol. The van der Waals surface area contributed by atoms with Gasteiger partial charge in [-0.2, -0.15) is 4.31 Å². The Morgan fingerprint density at radius 3 is 2.55 bits per heavy atom. The number of sulfonamides is 1. The van der Waals surface area contributed by atoms with Gasteiger partial charge in [0, 0.05) is 12.4 Å². The number of aromatic nitrogens is 1. The first-order chi connectivity index (χ1) is 9.29. The zero-order chi connectivity index (χ0) is 14.7. The van der Waals surface area contributed by atoms with Gasteiger partial charge in [-0.05, 0) is 37.1 Å². The van der Waals surface area contributed by atoms with E-state index in [4.69, 9.17) is 0 Å². The minimum atomic E-state index is -3.51. The summed E-state index contributed by atoms with van der Waals surface area (Å²) in [4.78, 5) is 12.2. The van der Waals surface area contributed by atoms with Crippen LogP contribution in [0.2, 0.25) is 0 Å². The van der Waals surface area contributed by atoms with Crippen molar-refractivity contribution in [3.05, 3.63) is 35.0 Å². The van der Waals surface area contributed by atoms with Crippen LogP contribution in [0.5, 0.6) is 0 Å². The Bertz CT molecular complexity index is 834. The first kappa shape index (κ1) is 13.3. The number of ketones is 1. The lowest BCUT2D eigenvalue weighted by Crippen LogP contribution is -2.29. The van der Waals surface area contributed by atoms with Gasteiger partial charge in [-0.15, -0.1) is 0 Å². The van der Waals surface area contributed by atoms with E-state index in [1.807, 2.05) is 19.9 Å². The van der Waals surface area contributed by atoms with Crippen molar-refractivity contribution in [1.82, 2.24) is 8.87 Å². The van der Waals surface area contributed by atoms with Crippen molar-refractivity contribution in [2.45, 2.75) is 20.5 Å². The van der Waals surface area contributed by atoms with Gasteiger partial charge in [0.2, 0.25) is 10.0 Å². The summed E-state index contributed by atoms with van der Waals surface area (Å²) >= 11 is 0. The summed E-state index contributed by atoms with van der Waals surface area (Å²) in [6, 6.07) is 5.86. The summed E-state index contributed by atoms with van der Waals surface area (Å²) in [5, 5.41) is 1.01. The van der Waals surface area contributed by atoms with Crippen LogP contribution in [0.1, 0.15) is 21.6 Å². The van der Waals surface area contributed by atoms with Gasteiger partial charge >= 0.3 is 0 Å². The average molecular weight is 292 g/mol. The van der Waals surface area contributed by atoms with E-state index in [2.05, 4.69) is 6.07 Å². The van der Waals surface area contributed by atoms with E-state index in [1.165, 1.54) is 11.4 Å². The van der Waals surface area contributed by atoms with Crippen LogP contribution in [-0.4, -0.2) is 35.9 Å². The van der Waals surface area contributed by atoms with Crippen LogP contribution in [0.4, 0.5) is 0 Å².